The Morgan fingerprint density at radius 1 is 1.70 bits per heavy atom. The molecule has 1 rings (SSSR count). The lowest BCUT2D eigenvalue weighted by atomic mass is 10.4. The monoisotopic (exact) mass is 203 g/mol. The first kappa shape index (κ1) is 7.34. The van der Waals surface area contributed by atoms with Gasteiger partial charge in [0.05, 0.1) is 4.47 Å². The van der Waals surface area contributed by atoms with Crippen molar-refractivity contribution >= 4 is 22.2 Å². The van der Waals surface area contributed by atoms with E-state index in [4.69, 9.17) is 0 Å². The molecule has 0 atom stereocenters. The Bertz CT molecular complexity index is 264. The van der Waals surface area contributed by atoms with Crippen LogP contribution in [0.2, 0.25) is 0 Å². The van der Waals surface area contributed by atoms with Crippen LogP contribution in [-0.4, -0.2) is 11.3 Å². The summed E-state index contributed by atoms with van der Waals surface area (Å²) in [6.45, 7) is 0. The quantitative estimate of drug-likeness (QED) is 0.652. The van der Waals surface area contributed by atoms with E-state index >= 15 is 0 Å². The van der Waals surface area contributed by atoms with Gasteiger partial charge in [-0.25, -0.2) is 4.39 Å². The highest BCUT2D eigenvalue weighted by atomic mass is 79.9. The minimum Gasteiger partial charge on any atom is -0.296 e. The minimum atomic E-state index is -0.613. The molecule has 10 heavy (non-hydrogen) atoms. The van der Waals surface area contributed by atoms with E-state index in [9.17, 15) is 9.18 Å². The van der Waals surface area contributed by atoms with Crippen LogP contribution in [0.4, 0.5) is 4.39 Å². The number of hydrogen-bond acceptors (Lipinski definition) is 2. The molecule has 2 nitrogen and oxygen atoms in total. The highest BCUT2D eigenvalue weighted by Crippen LogP contribution is 2.14. The SMILES string of the molecule is O=Cc1nccc(Br)c1F. The summed E-state index contributed by atoms with van der Waals surface area (Å²) < 4.78 is 12.9. The summed E-state index contributed by atoms with van der Waals surface area (Å²) in [5.74, 6) is -0.613. The largest absolute Gasteiger partial charge is 0.296 e. The van der Waals surface area contributed by atoms with Crippen LogP contribution in [0.15, 0.2) is 16.7 Å². The molecule has 0 unspecified atom stereocenters. The number of nitrogens with zero attached hydrogens (tertiary/aromatic N) is 1. The van der Waals surface area contributed by atoms with Crippen molar-refractivity contribution < 1.29 is 9.18 Å². The summed E-state index contributed by atoms with van der Waals surface area (Å²) >= 11 is 2.91. The predicted molar refractivity (Wildman–Crippen MR) is 37.3 cm³/mol. The summed E-state index contributed by atoms with van der Waals surface area (Å²) in [6, 6.07) is 1.43. The lowest BCUT2D eigenvalue weighted by Gasteiger charge is -1.93. The molecule has 0 spiro atoms. The molecule has 4 heteroatoms. The number of carbonyl (C=O) groups is 1. The van der Waals surface area contributed by atoms with Crippen LogP contribution in [0.1, 0.15) is 10.5 Å². The van der Waals surface area contributed by atoms with Gasteiger partial charge in [-0.2, -0.15) is 0 Å². The highest BCUT2D eigenvalue weighted by Gasteiger charge is 2.04. The molecule has 0 saturated heterocycles. The van der Waals surface area contributed by atoms with E-state index in [0.29, 0.717) is 6.29 Å². The first-order valence-corrected chi connectivity index (χ1v) is 3.30. The van der Waals surface area contributed by atoms with Gasteiger partial charge in [-0.15, -0.1) is 0 Å². The van der Waals surface area contributed by atoms with Crippen LogP contribution in [0.25, 0.3) is 0 Å². The van der Waals surface area contributed by atoms with Gasteiger partial charge in [0, 0.05) is 6.20 Å². The predicted octanol–water partition coefficient (Wildman–Crippen LogP) is 1.80. The van der Waals surface area contributed by atoms with Crippen molar-refractivity contribution in [2.24, 2.45) is 0 Å². The first-order valence-electron chi connectivity index (χ1n) is 2.51. The molecule has 0 aliphatic heterocycles. The molecule has 52 valence electrons. The standard InChI is InChI=1S/C6H3BrFNO/c7-4-1-2-9-5(3-10)6(4)8/h1-3H. The van der Waals surface area contributed by atoms with E-state index in [2.05, 4.69) is 20.9 Å². The molecule has 0 amide bonds. The number of halogens is 2. The van der Waals surface area contributed by atoms with E-state index in [0.717, 1.165) is 0 Å². The van der Waals surface area contributed by atoms with E-state index in [1.807, 2.05) is 0 Å². The zero-order valence-corrected chi connectivity index (χ0v) is 6.43. The van der Waals surface area contributed by atoms with Crippen LogP contribution in [0, 0.1) is 5.82 Å². The minimum absolute atomic E-state index is 0.172. The normalized spacial score (nSPS) is 9.40. The second kappa shape index (κ2) is 2.88. The third-order valence-electron chi connectivity index (χ3n) is 0.981. The van der Waals surface area contributed by atoms with Crippen LogP contribution in [0.3, 0.4) is 0 Å². The molecule has 0 aliphatic rings. The average Bonchev–Trinajstić information content (AvgIpc) is 1.95. The highest BCUT2D eigenvalue weighted by molar-refractivity contribution is 9.10. The molecule has 0 fully saturated rings. The van der Waals surface area contributed by atoms with Gasteiger partial charge in [0.2, 0.25) is 0 Å². The van der Waals surface area contributed by atoms with Crippen molar-refractivity contribution in [2.45, 2.75) is 0 Å². The number of carbonyl (C=O) groups excluding carboxylic acids is 1. The molecule has 1 heterocycles. The Morgan fingerprint density at radius 3 is 2.90 bits per heavy atom. The Labute approximate surface area is 65.2 Å². The molecular weight excluding hydrogens is 201 g/mol. The zero-order valence-electron chi connectivity index (χ0n) is 4.84. The van der Waals surface area contributed by atoms with Crippen molar-refractivity contribution in [1.29, 1.82) is 0 Å². The summed E-state index contributed by atoms with van der Waals surface area (Å²) in [4.78, 5) is 13.5. The zero-order chi connectivity index (χ0) is 7.56. The second-order valence-corrected chi connectivity index (χ2v) is 2.46. The Hall–Kier alpha value is -0.770. The maximum atomic E-state index is 12.7. The van der Waals surface area contributed by atoms with E-state index < -0.39 is 5.82 Å². The lowest BCUT2D eigenvalue weighted by molar-refractivity contribution is 0.111. The molecule has 1 aromatic rings. The van der Waals surface area contributed by atoms with Crippen molar-refractivity contribution in [3.05, 3.63) is 28.2 Å². The maximum Gasteiger partial charge on any atom is 0.171 e. The molecular formula is C6H3BrFNO. The molecule has 1 aromatic heterocycles. The third-order valence-corrected chi connectivity index (χ3v) is 1.59. The van der Waals surface area contributed by atoms with Crippen molar-refractivity contribution in [1.82, 2.24) is 4.98 Å². The van der Waals surface area contributed by atoms with Crippen LogP contribution in [-0.2, 0) is 0 Å². The van der Waals surface area contributed by atoms with Gasteiger partial charge in [-0.1, -0.05) is 0 Å². The summed E-state index contributed by atoms with van der Waals surface area (Å²) in [6.07, 6.45) is 1.73. The fourth-order valence-corrected chi connectivity index (χ4v) is 0.839. The Morgan fingerprint density at radius 2 is 2.40 bits per heavy atom. The fourth-order valence-electron chi connectivity index (χ4n) is 0.517. The van der Waals surface area contributed by atoms with Gasteiger partial charge in [0.1, 0.15) is 5.69 Å². The first-order chi connectivity index (χ1) is 4.75. The number of aldehydes is 1. The average molecular weight is 204 g/mol. The van der Waals surface area contributed by atoms with Gasteiger partial charge in [-0.05, 0) is 22.0 Å². The topological polar surface area (TPSA) is 30.0 Å². The Kier molecular flexibility index (Phi) is 2.11. The molecule has 0 aromatic carbocycles. The van der Waals surface area contributed by atoms with Crippen LogP contribution >= 0.6 is 15.9 Å². The van der Waals surface area contributed by atoms with Gasteiger partial charge >= 0.3 is 0 Å². The van der Waals surface area contributed by atoms with E-state index in [-0.39, 0.29) is 10.2 Å². The van der Waals surface area contributed by atoms with Crippen molar-refractivity contribution in [3.63, 3.8) is 0 Å². The smallest absolute Gasteiger partial charge is 0.171 e. The summed E-state index contributed by atoms with van der Waals surface area (Å²) in [5.41, 5.74) is -0.172. The summed E-state index contributed by atoms with van der Waals surface area (Å²) in [7, 11) is 0. The number of rotatable bonds is 1. The van der Waals surface area contributed by atoms with Crippen LogP contribution < -0.4 is 0 Å². The third kappa shape index (κ3) is 1.21. The molecule has 0 N–H and O–H groups in total. The maximum absolute atomic E-state index is 12.7. The van der Waals surface area contributed by atoms with Gasteiger partial charge in [0.15, 0.2) is 12.1 Å². The molecule has 0 bridgehead atoms. The van der Waals surface area contributed by atoms with Crippen molar-refractivity contribution in [3.8, 4) is 0 Å². The van der Waals surface area contributed by atoms with E-state index in [1.165, 1.54) is 12.3 Å². The van der Waals surface area contributed by atoms with Gasteiger partial charge in [0.25, 0.3) is 0 Å². The van der Waals surface area contributed by atoms with Gasteiger partial charge in [-0.3, -0.25) is 9.78 Å². The molecule has 0 saturated carbocycles. The second-order valence-electron chi connectivity index (χ2n) is 1.61. The molecule has 0 aliphatic carbocycles. The van der Waals surface area contributed by atoms with E-state index in [1.54, 1.807) is 0 Å². The summed E-state index contributed by atoms with van der Waals surface area (Å²) in [5, 5.41) is 0. The fraction of sp³-hybridized carbons (Fsp3) is 0. The number of aromatic nitrogens is 1. The number of hydrogen-bond donors (Lipinski definition) is 0. The molecule has 0 radical (unpaired) electrons. The number of pyridine rings is 1. The Balaban J connectivity index is 3.27. The van der Waals surface area contributed by atoms with Gasteiger partial charge < -0.3 is 0 Å². The van der Waals surface area contributed by atoms with Crippen molar-refractivity contribution in [2.75, 3.05) is 0 Å². The van der Waals surface area contributed by atoms with Crippen LogP contribution in [0.5, 0.6) is 0 Å². The lowest BCUT2D eigenvalue weighted by Crippen LogP contribution is -1.91.